The largest absolute Gasteiger partial charge is 0.497 e. The number of nitrogens with one attached hydrogen (secondary N) is 1. The third kappa shape index (κ3) is 2.95. The molecule has 0 heterocycles. The summed E-state index contributed by atoms with van der Waals surface area (Å²) in [7, 11) is 1.55. The molecule has 1 N–H and O–H groups in total. The molecule has 0 saturated carbocycles. The van der Waals surface area contributed by atoms with E-state index in [0.29, 0.717) is 22.1 Å². The number of halogens is 2. The van der Waals surface area contributed by atoms with Crippen molar-refractivity contribution in [2.24, 2.45) is 0 Å². The van der Waals surface area contributed by atoms with Gasteiger partial charge in [-0.05, 0) is 30.3 Å². The number of ether oxygens (including phenoxy) is 1. The Bertz CT molecular complexity index is 652. The Morgan fingerprint density at radius 3 is 2.68 bits per heavy atom. The molecule has 0 saturated heterocycles. The monoisotopic (exact) mass is 276 g/mol. The van der Waals surface area contributed by atoms with Gasteiger partial charge in [-0.25, -0.2) is 4.39 Å². The van der Waals surface area contributed by atoms with Gasteiger partial charge in [0.25, 0.3) is 0 Å². The number of methoxy groups -OCH3 is 1. The molecule has 0 bridgehead atoms. The minimum Gasteiger partial charge on any atom is -0.497 e. The fraction of sp³-hybridized carbons (Fsp3) is 0.0714. The molecular weight excluding hydrogens is 267 g/mol. The molecule has 2 rings (SSSR count). The van der Waals surface area contributed by atoms with Crippen LogP contribution in [0.25, 0.3) is 0 Å². The van der Waals surface area contributed by atoms with Crippen LogP contribution in [0.3, 0.4) is 0 Å². The maximum absolute atomic E-state index is 13.5. The Balaban J connectivity index is 2.31. The Morgan fingerprint density at radius 2 is 2.05 bits per heavy atom. The predicted octanol–water partition coefficient (Wildman–Crippen LogP) is 4.10. The SMILES string of the molecule is COc1ccc(Cl)c(Nc2ccc(C#N)c(F)c2)c1. The molecule has 96 valence electrons. The second kappa shape index (κ2) is 5.59. The van der Waals surface area contributed by atoms with Crippen molar-refractivity contribution in [3.63, 3.8) is 0 Å². The van der Waals surface area contributed by atoms with Crippen LogP contribution in [-0.2, 0) is 0 Å². The number of nitrogens with zero attached hydrogens (tertiary/aromatic N) is 1. The van der Waals surface area contributed by atoms with Crippen molar-refractivity contribution in [1.29, 1.82) is 5.26 Å². The predicted molar refractivity (Wildman–Crippen MR) is 72.4 cm³/mol. The first-order valence-electron chi connectivity index (χ1n) is 5.44. The van der Waals surface area contributed by atoms with Gasteiger partial charge >= 0.3 is 0 Å². The van der Waals surface area contributed by atoms with Crippen LogP contribution in [0.15, 0.2) is 36.4 Å². The zero-order valence-corrected chi connectivity index (χ0v) is 10.8. The highest BCUT2D eigenvalue weighted by atomic mass is 35.5. The van der Waals surface area contributed by atoms with Gasteiger partial charge in [0.1, 0.15) is 17.6 Å². The molecule has 5 heteroatoms. The van der Waals surface area contributed by atoms with Gasteiger partial charge in [-0.1, -0.05) is 11.6 Å². The lowest BCUT2D eigenvalue weighted by atomic mass is 10.2. The molecule has 0 atom stereocenters. The normalized spacial score (nSPS) is 9.79. The van der Waals surface area contributed by atoms with E-state index in [1.807, 2.05) is 0 Å². The number of nitriles is 1. The standard InChI is InChI=1S/C14H10ClFN2O/c1-19-11-4-5-12(15)14(7-11)18-10-3-2-9(8-17)13(16)6-10/h2-7,18H,1H3. The second-order valence-electron chi connectivity index (χ2n) is 3.78. The van der Waals surface area contributed by atoms with Gasteiger partial charge in [-0.3, -0.25) is 0 Å². The molecule has 0 aromatic heterocycles. The van der Waals surface area contributed by atoms with Crippen molar-refractivity contribution in [3.8, 4) is 11.8 Å². The van der Waals surface area contributed by atoms with Gasteiger partial charge in [0, 0.05) is 11.8 Å². The molecule has 0 unspecified atom stereocenters. The van der Waals surface area contributed by atoms with Crippen LogP contribution < -0.4 is 10.1 Å². The van der Waals surface area contributed by atoms with Gasteiger partial charge in [-0.2, -0.15) is 5.26 Å². The maximum Gasteiger partial charge on any atom is 0.143 e. The summed E-state index contributed by atoms with van der Waals surface area (Å²) in [6.07, 6.45) is 0. The van der Waals surface area contributed by atoms with Gasteiger partial charge in [0.15, 0.2) is 0 Å². The minimum absolute atomic E-state index is 0.00212. The Hall–Kier alpha value is -2.25. The first kappa shape index (κ1) is 13.2. The highest BCUT2D eigenvalue weighted by molar-refractivity contribution is 6.33. The number of rotatable bonds is 3. The van der Waals surface area contributed by atoms with E-state index in [1.54, 1.807) is 37.4 Å². The van der Waals surface area contributed by atoms with Gasteiger partial charge in [0.05, 0.1) is 23.4 Å². The summed E-state index contributed by atoms with van der Waals surface area (Å²) in [5, 5.41) is 12.1. The first-order chi connectivity index (χ1) is 9.13. The van der Waals surface area contributed by atoms with Crippen molar-refractivity contribution in [3.05, 3.63) is 52.8 Å². The minimum atomic E-state index is -0.577. The van der Waals surface area contributed by atoms with Crippen molar-refractivity contribution < 1.29 is 9.13 Å². The Morgan fingerprint density at radius 1 is 1.26 bits per heavy atom. The van der Waals surface area contributed by atoms with Crippen molar-refractivity contribution in [2.45, 2.75) is 0 Å². The van der Waals surface area contributed by atoms with Crippen LogP contribution in [-0.4, -0.2) is 7.11 Å². The maximum atomic E-state index is 13.5. The molecule has 19 heavy (non-hydrogen) atoms. The summed E-state index contributed by atoms with van der Waals surface area (Å²) in [6, 6.07) is 11.1. The Labute approximate surface area is 115 Å². The lowest BCUT2D eigenvalue weighted by molar-refractivity contribution is 0.415. The molecule has 0 amide bonds. The van der Waals surface area contributed by atoms with Crippen molar-refractivity contribution >= 4 is 23.0 Å². The highest BCUT2D eigenvalue weighted by Gasteiger charge is 2.06. The van der Waals surface area contributed by atoms with Gasteiger partial charge in [0.2, 0.25) is 0 Å². The van der Waals surface area contributed by atoms with Gasteiger partial charge in [-0.15, -0.1) is 0 Å². The molecule has 0 spiro atoms. The summed E-state index contributed by atoms with van der Waals surface area (Å²) in [5.41, 5.74) is 1.11. The molecular formula is C14H10ClFN2O. The zero-order chi connectivity index (χ0) is 13.8. The van der Waals surface area contributed by atoms with Crippen LogP contribution >= 0.6 is 11.6 Å². The highest BCUT2D eigenvalue weighted by Crippen LogP contribution is 2.29. The molecule has 0 fully saturated rings. The average Bonchev–Trinajstić information content (AvgIpc) is 2.41. The van der Waals surface area contributed by atoms with Gasteiger partial charge < -0.3 is 10.1 Å². The molecule has 0 aliphatic rings. The van der Waals surface area contributed by atoms with Crippen LogP contribution in [0.4, 0.5) is 15.8 Å². The van der Waals surface area contributed by atoms with Crippen molar-refractivity contribution in [1.82, 2.24) is 0 Å². The van der Waals surface area contributed by atoms with E-state index in [1.165, 1.54) is 12.1 Å². The van der Waals surface area contributed by atoms with Crippen LogP contribution in [0.2, 0.25) is 5.02 Å². The lowest BCUT2D eigenvalue weighted by Crippen LogP contribution is -1.94. The zero-order valence-electron chi connectivity index (χ0n) is 10.1. The van der Waals surface area contributed by atoms with E-state index in [4.69, 9.17) is 21.6 Å². The van der Waals surface area contributed by atoms with E-state index < -0.39 is 5.82 Å². The molecule has 2 aromatic carbocycles. The second-order valence-corrected chi connectivity index (χ2v) is 4.18. The number of hydrogen-bond donors (Lipinski definition) is 1. The summed E-state index contributed by atoms with van der Waals surface area (Å²) in [5.74, 6) is 0.0625. The summed E-state index contributed by atoms with van der Waals surface area (Å²) in [6.45, 7) is 0. The van der Waals surface area contributed by atoms with E-state index in [-0.39, 0.29) is 5.56 Å². The lowest BCUT2D eigenvalue weighted by Gasteiger charge is -2.10. The first-order valence-corrected chi connectivity index (χ1v) is 5.82. The third-order valence-corrected chi connectivity index (χ3v) is 2.87. The van der Waals surface area contributed by atoms with Crippen molar-refractivity contribution in [2.75, 3.05) is 12.4 Å². The fourth-order valence-electron chi connectivity index (χ4n) is 1.57. The molecule has 3 nitrogen and oxygen atoms in total. The Kier molecular flexibility index (Phi) is 3.88. The quantitative estimate of drug-likeness (QED) is 0.918. The fourth-order valence-corrected chi connectivity index (χ4v) is 1.73. The van der Waals surface area contributed by atoms with Crippen LogP contribution in [0.5, 0.6) is 5.75 Å². The third-order valence-electron chi connectivity index (χ3n) is 2.54. The summed E-state index contributed by atoms with van der Waals surface area (Å²) >= 11 is 6.04. The molecule has 0 radical (unpaired) electrons. The number of hydrogen-bond acceptors (Lipinski definition) is 3. The average molecular weight is 277 g/mol. The van der Waals surface area contributed by atoms with Crippen LogP contribution in [0.1, 0.15) is 5.56 Å². The van der Waals surface area contributed by atoms with E-state index >= 15 is 0 Å². The van der Waals surface area contributed by atoms with E-state index in [2.05, 4.69) is 5.32 Å². The molecule has 2 aromatic rings. The number of benzene rings is 2. The molecule has 0 aliphatic carbocycles. The van der Waals surface area contributed by atoms with Crippen LogP contribution in [0, 0.1) is 17.1 Å². The summed E-state index contributed by atoms with van der Waals surface area (Å²) < 4.78 is 18.6. The molecule has 0 aliphatic heterocycles. The summed E-state index contributed by atoms with van der Waals surface area (Å²) in [4.78, 5) is 0. The number of anilines is 2. The topological polar surface area (TPSA) is 45.0 Å². The smallest absolute Gasteiger partial charge is 0.143 e. The van der Waals surface area contributed by atoms with E-state index in [9.17, 15) is 4.39 Å². The van der Waals surface area contributed by atoms with E-state index in [0.717, 1.165) is 0 Å².